The maximum absolute atomic E-state index is 11.0. The Bertz CT molecular complexity index is 271. The lowest BCUT2D eigenvalue weighted by atomic mass is 10.3. The molecule has 0 spiro atoms. The molecule has 0 radical (unpaired) electrons. The molecule has 4 nitrogen and oxygen atoms in total. The molecule has 5 heteroatoms. The zero-order chi connectivity index (χ0) is 9.73. The van der Waals surface area contributed by atoms with Crippen molar-refractivity contribution in [2.24, 2.45) is 0 Å². The number of sulfone groups is 1. The van der Waals surface area contributed by atoms with Crippen LogP contribution in [0.5, 0.6) is 0 Å². The number of hydrogen-bond acceptors (Lipinski definition) is 4. The van der Waals surface area contributed by atoms with Crippen LogP contribution in [0.15, 0.2) is 11.5 Å². The monoisotopic (exact) mass is 205 g/mol. The molecule has 1 N–H and O–H groups in total. The second-order valence-corrected chi connectivity index (χ2v) is 5.00. The van der Waals surface area contributed by atoms with Gasteiger partial charge in [-0.1, -0.05) is 6.08 Å². The van der Waals surface area contributed by atoms with Gasteiger partial charge in [0.15, 0.2) is 9.84 Å². The summed E-state index contributed by atoms with van der Waals surface area (Å²) in [5.41, 5.74) is 0. The van der Waals surface area contributed by atoms with Gasteiger partial charge >= 0.3 is 0 Å². The van der Waals surface area contributed by atoms with E-state index in [1.54, 1.807) is 13.2 Å². The van der Waals surface area contributed by atoms with E-state index in [1.165, 1.54) is 5.41 Å². The molecule has 1 rings (SSSR count). The third-order valence-electron chi connectivity index (χ3n) is 1.86. The Morgan fingerprint density at radius 2 is 2.38 bits per heavy atom. The molecule has 0 saturated carbocycles. The van der Waals surface area contributed by atoms with Crippen molar-refractivity contribution in [3.8, 4) is 0 Å². The van der Waals surface area contributed by atoms with Gasteiger partial charge in [0.1, 0.15) is 0 Å². The van der Waals surface area contributed by atoms with Crippen LogP contribution in [0.4, 0.5) is 0 Å². The van der Waals surface area contributed by atoms with Gasteiger partial charge in [-0.15, -0.1) is 0 Å². The van der Waals surface area contributed by atoms with Gasteiger partial charge in [-0.25, -0.2) is 8.42 Å². The first kappa shape index (κ1) is 10.7. The van der Waals surface area contributed by atoms with Crippen molar-refractivity contribution in [3.63, 3.8) is 0 Å². The van der Waals surface area contributed by atoms with Crippen LogP contribution in [0, 0.1) is 0 Å². The lowest BCUT2D eigenvalue weighted by Crippen LogP contribution is -2.31. The number of rotatable bonds is 5. The summed E-state index contributed by atoms with van der Waals surface area (Å²) in [5.74, 6) is 0.194. The quantitative estimate of drug-likeness (QED) is 0.638. The molecule has 0 aromatic rings. The van der Waals surface area contributed by atoms with E-state index in [0.717, 1.165) is 13.0 Å². The summed E-state index contributed by atoms with van der Waals surface area (Å²) in [6.07, 6.45) is 2.60. The van der Waals surface area contributed by atoms with E-state index in [4.69, 9.17) is 4.74 Å². The van der Waals surface area contributed by atoms with Gasteiger partial charge in [0.2, 0.25) is 0 Å². The minimum absolute atomic E-state index is 0.0122. The molecule has 0 aromatic carbocycles. The third kappa shape index (κ3) is 3.89. The van der Waals surface area contributed by atoms with E-state index in [1.807, 2.05) is 0 Å². The zero-order valence-electron chi connectivity index (χ0n) is 7.69. The first-order valence-electron chi connectivity index (χ1n) is 4.27. The molecule has 1 atom stereocenters. The second kappa shape index (κ2) is 4.74. The van der Waals surface area contributed by atoms with Crippen molar-refractivity contribution < 1.29 is 13.2 Å². The Kier molecular flexibility index (Phi) is 3.90. The number of hydrogen-bond donors (Lipinski definition) is 1. The lowest BCUT2D eigenvalue weighted by Gasteiger charge is -2.08. The van der Waals surface area contributed by atoms with Crippen molar-refractivity contribution in [1.82, 2.24) is 5.32 Å². The fourth-order valence-electron chi connectivity index (χ4n) is 1.21. The van der Waals surface area contributed by atoms with Gasteiger partial charge in [0.25, 0.3) is 0 Å². The smallest absolute Gasteiger partial charge is 0.173 e. The predicted molar refractivity (Wildman–Crippen MR) is 51.2 cm³/mol. The largest absolute Gasteiger partial charge is 0.385 e. The fraction of sp³-hybridized carbons (Fsp3) is 0.750. The predicted octanol–water partition coefficient (Wildman–Crippen LogP) is -0.0768. The van der Waals surface area contributed by atoms with E-state index in [-0.39, 0.29) is 11.8 Å². The molecule has 0 aliphatic carbocycles. The molecule has 1 heterocycles. The topological polar surface area (TPSA) is 55.4 Å². The average molecular weight is 205 g/mol. The lowest BCUT2D eigenvalue weighted by molar-refractivity contribution is 0.194. The maximum atomic E-state index is 11.0. The fourth-order valence-corrected chi connectivity index (χ4v) is 2.48. The Hall–Kier alpha value is -0.390. The third-order valence-corrected chi connectivity index (χ3v) is 3.26. The zero-order valence-corrected chi connectivity index (χ0v) is 8.51. The van der Waals surface area contributed by atoms with Gasteiger partial charge in [-0.2, -0.15) is 0 Å². The van der Waals surface area contributed by atoms with Gasteiger partial charge < -0.3 is 10.1 Å². The van der Waals surface area contributed by atoms with Gasteiger partial charge in [0, 0.05) is 25.2 Å². The molecule has 76 valence electrons. The molecule has 1 unspecified atom stereocenters. The van der Waals surface area contributed by atoms with Crippen molar-refractivity contribution in [1.29, 1.82) is 0 Å². The summed E-state index contributed by atoms with van der Waals surface area (Å²) in [5, 5.41) is 4.40. The maximum Gasteiger partial charge on any atom is 0.173 e. The summed E-state index contributed by atoms with van der Waals surface area (Å²) in [6.45, 7) is 1.49. The van der Waals surface area contributed by atoms with E-state index >= 15 is 0 Å². The minimum Gasteiger partial charge on any atom is -0.385 e. The van der Waals surface area contributed by atoms with Crippen LogP contribution in [0.25, 0.3) is 0 Å². The molecule has 1 aliphatic rings. The van der Waals surface area contributed by atoms with Crippen molar-refractivity contribution in [2.45, 2.75) is 12.5 Å². The van der Waals surface area contributed by atoms with E-state index < -0.39 is 9.84 Å². The molecular weight excluding hydrogens is 190 g/mol. The summed E-state index contributed by atoms with van der Waals surface area (Å²) >= 11 is 0. The Balaban J connectivity index is 2.16. The second-order valence-electron chi connectivity index (χ2n) is 3.07. The van der Waals surface area contributed by atoms with Crippen LogP contribution in [0.1, 0.15) is 6.42 Å². The van der Waals surface area contributed by atoms with Crippen LogP contribution in [0.3, 0.4) is 0 Å². The molecule has 0 fully saturated rings. The van der Waals surface area contributed by atoms with E-state index in [2.05, 4.69) is 5.32 Å². The highest BCUT2D eigenvalue weighted by Crippen LogP contribution is 2.07. The van der Waals surface area contributed by atoms with Crippen molar-refractivity contribution in [2.75, 3.05) is 26.0 Å². The molecule has 1 aliphatic heterocycles. The minimum atomic E-state index is -2.91. The van der Waals surface area contributed by atoms with E-state index in [0.29, 0.717) is 6.61 Å². The van der Waals surface area contributed by atoms with E-state index in [9.17, 15) is 8.42 Å². The Morgan fingerprint density at radius 3 is 2.92 bits per heavy atom. The van der Waals surface area contributed by atoms with Gasteiger partial charge in [0.05, 0.1) is 5.75 Å². The van der Waals surface area contributed by atoms with Crippen LogP contribution in [-0.4, -0.2) is 40.5 Å². The Labute approximate surface area is 78.9 Å². The SMILES string of the molecule is COCCCNC1C=CS(=O)(=O)C1. The Morgan fingerprint density at radius 1 is 1.62 bits per heavy atom. The first-order chi connectivity index (χ1) is 6.14. The van der Waals surface area contributed by atoms with Crippen LogP contribution < -0.4 is 5.32 Å². The number of nitrogens with one attached hydrogen (secondary N) is 1. The van der Waals surface area contributed by atoms with Crippen LogP contribution >= 0.6 is 0 Å². The summed E-state index contributed by atoms with van der Waals surface area (Å²) < 4.78 is 26.8. The average Bonchev–Trinajstić information content (AvgIpc) is 2.40. The van der Waals surface area contributed by atoms with Gasteiger partial charge in [-0.05, 0) is 13.0 Å². The summed E-state index contributed by atoms with van der Waals surface area (Å²) in [4.78, 5) is 0. The summed E-state index contributed by atoms with van der Waals surface area (Å²) in [7, 11) is -1.26. The highest BCUT2D eigenvalue weighted by molar-refractivity contribution is 7.94. The van der Waals surface area contributed by atoms with Crippen molar-refractivity contribution in [3.05, 3.63) is 11.5 Å². The molecule has 13 heavy (non-hydrogen) atoms. The number of ether oxygens (including phenoxy) is 1. The van der Waals surface area contributed by atoms with Crippen molar-refractivity contribution >= 4 is 9.84 Å². The number of methoxy groups -OCH3 is 1. The summed E-state index contributed by atoms with van der Waals surface area (Å²) in [6, 6.07) is -0.0122. The van der Waals surface area contributed by atoms with Crippen LogP contribution in [0.2, 0.25) is 0 Å². The first-order valence-corrected chi connectivity index (χ1v) is 5.99. The molecule has 0 bridgehead atoms. The normalized spacial score (nSPS) is 25.2. The highest BCUT2D eigenvalue weighted by atomic mass is 32.2. The molecule has 0 amide bonds. The highest BCUT2D eigenvalue weighted by Gasteiger charge is 2.20. The standard InChI is InChI=1S/C8H15NO3S/c1-12-5-2-4-9-8-3-6-13(10,11)7-8/h3,6,8-9H,2,4-5,7H2,1H3. The molecule has 0 saturated heterocycles. The molecular formula is C8H15NO3S. The molecule has 0 aromatic heterocycles. The van der Waals surface area contributed by atoms with Crippen LogP contribution in [-0.2, 0) is 14.6 Å². The van der Waals surface area contributed by atoms with Gasteiger partial charge in [-0.3, -0.25) is 0 Å².